The first kappa shape index (κ1) is 13.4. The number of hydrogen-bond donors (Lipinski definition) is 1. The monoisotopic (exact) mass is 203 g/mol. The van der Waals surface area contributed by atoms with Gasteiger partial charge >= 0.3 is 5.97 Å². The van der Waals surface area contributed by atoms with Gasteiger partial charge in [0, 0.05) is 13.2 Å². The molecule has 0 saturated carbocycles. The highest BCUT2D eigenvalue weighted by Crippen LogP contribution is 1.96. The molecule has 0 amide bonds. The maximum Gasteiger partial charge on any atom is 0.310 e. The Hall–Kier alpha value is -0.610. The molecule has 0 bridgehead atoms. The topological polar surface area (TPSA) is 47.6 Å². The second kappa shape index (κ2) is 8.97. The third kappa shape index (κ3) is 6.86. The summed E-state index contributed by atoms with van der Waals surface area (Å²) in [5, 5.41) is 3.10. The van der Waals surface area contributed by atoms with E-state index in [2.05, 4.69) is 5.32 Å². The van der Waals surface area contributed by atoms with E-state index in [1.54, 1.807) is 0 Å². The quantitative estimate of drug-likeness (QED) is 0.468. The molecule has 0 saturated heterocycles. The van der Waals surface area contributed by atoms with Crippen LogP contribution in [-0.2, 0) is 14.3 Å². The van der Waals surface area contributed by atoms with E-state index in [1.807, 2.05) is 20.8 Å². The van der Waals surface area contributed by atoms with Crippen LogP contribution >= 0.6 is 0 Å². The summed E-state index contributed by atoms with van der Waals surface area (Å²) in [7, 11) is 0. The highest BCUT2D eigenvalue weighted by molar-refractivity contribution is 5.72. The summed E-state index contributed by atoms with van der Waals surface area (Å²) in [6, 6.07) is 0. The lowest BCUT2D eigenvalue weighted by Crippen LogP contribution is -2.28. The number of carbonyl (C=O) groups is 1. The Bertz CT molecular complexity index is 150. The molecular weight excluding hydrogens is 182 g/mol. The fraction of sp³-hybridized carbons (Fsp3) is 0.900. The Labute approximate surface area is 86.0 Å². The number of hydrogen-bond acceptors (Lipinski definition) is 4. The summed E-state index contributed by atoms with van der Waals surface area (Å²) in [6.45, 7) is 8.80. The average molecular weight is 203 g/mol. The number of carbonyl (C=O) groups excluding carboxylic acids is 1. The molecule has 14 heavy (non-hydrogen) atoms. The second-order valence-corrected chi connectivity index (χ2v) is 3.07. The lowest BCUT2D eigenvalue weighted by Gasteiger charge is -2.11. The molecular formula is C10H21NO3. The van der Waals surface area contributed by atoms with Gasteiger partial charge in [-0.3, -0.25) is 4.79 Å². The van der Waals surface area contributed by atoms with E-state index >= 15 is 0 Å². The van der Waals surface area contributed by atoms with Gasteiger partial charge in [-0.15, -0.1) is 0 Å². The van der Waals surface area contributed by atoms with Gasteiger partial charge in [-0.2, -0.15) is 0 Å². The number of rotatable bonds is 8. The van der Waals surface area contributed by atoms with Crippen LogP contribution in [0.3, 0.4) is 0 Å². The Morgan fingerprint density at radius 1 is 1.36 bits per heavy atom. The maximum atomic E-state index is 11.3. The standard InChI is InChI=1S/C10H21NO3/c1-4-11-8-9(3)10(12)14-7-6-13-5-2/h9,11H,4-8H2,1-3H3. The van der Waals surface area contributed by atoms with Gasteiger partial charge < -0.3 is 14.8 Å². The molecule has 0 aliphatic carbocycles. The Morgan fingerprint density at radius 2 is 2.07 bits per heavy atom. The molecule has 0 fully saturated rings. The molecule has 0 aliphatic rings. The van der Waals surface area contributed by atoms with Crippen LogP contribution in [0.5, 0.6) is 0 Å². The van der Waals surface area contributed by atoms with E-state index in [-0.39, 0.29) is 11.9 Å². The van der Waals surface area contributed by atoms with Gasteiger partial charge in [-0.1, -0.05) is 13.8 Å². The molecule has 0 heterocycles. The Balaban J connectivity index is 3.42. The van der Waals surface area contributed by atoms with Crippen molar-refractivity contribution in [1.29, 1.82) is 0 Å². The summed E-state index contributed by atoms with van der Waals surface area (Å²) in [5.74, 6) is -0.248. The molecule has 1 atom stereocenters. The molecule has 0 spiro atoms. The van der Waals surface area contributed by atoms with Gasteiger partial charge in [0.05, 0.1) is 12.5 Å². The SMILES string of the molecule is CCNCC(C)C(=O)OCCOCC. The largest absolute Gasteiger partial charge is 0.463 e. The van der Waals surface area contributed by atoms with Crippen LogP contribution in [0, 0.1) is 5.92 Å². The van der Waals surface area contributed by atoms with Crippen molar-refractivity contribution in [2.45, 2.75) is 20.8 Å². The van der Waals surface area contributed by atoms with E-state index in [9.17, 15) is 4.79 Å². The lowest BCUT2D eigenvalue weighted by molar-refractivity contribution is -0.149. The Kier molecular flexibility index (Phi) is 8.57. The van der Waals surface area contributed by atoms with Gasteiger partial charge in [0.2, 0.25) is 0 Å². The number of esters is 1. The molecule has 1 N–H and O–H groups in total. The van der Waals surface area contributed by atoms with Crippen LogP contribution in [0.1, 0.15) is 20.8 Å². The molecule has 0 radical (unpaired) electrons. The third-order valence-corrected chi connectivity index (χ3v) is 1.78. The van der Waals surface area contributed by atoms with E-state index < -0.39 is 0 Å². The second-order valence-electron chi connectivity index (χ2n) is 3.07. The average Bonchev–Trinajstić information content (AvgIpc) is 2.20. The maximum absolute atomic E-state index is 11.3. The van der Waals surface area contributed by atoms with Gasteiger partial charge in [-0.05, 0) is 13.5 Å². The fourth-order valence-corrected chi connectivity index (χ4v) is 0.932. The smallest absolute Gasteiger partial charge is 0.310 e. The minimum atomic E-state index is -0.161. The first-order valence-electron chi connectivity index (χ1n) is 5.17. The third-order valence-electron chi connectivity index (χ3n) is 1.78. The van der Waals surface area contributed by atoms with Crippen LogP contribution in [0.4, 0.5) is 0 Å². The van der Waals surface area contributed by atoms with Crippen molar-refractivity contribution in [1.82, 2.24) is 5.32 Å². The summed E-state index contributed by atoms with van der Waals surface area (Å²) >= 11 is 0. The number of ether oxygens (including phenoxy) is 2. The zero-order valence-electron chi connectivity index (χ0n) is 9.34. The summed E-state index contributed by atoms with van der Waals surface area (Å²) in [5.41, 5.74) is 0. The first-order chi connectivity index (χ1) is 6.72. The van der Waals surface area contributed by atoms with Gasteiger partial charge in [0.15, 0.2) is 0 Å². The molecule has 1 unspecified atom stereocenters. The molecule has 0 aromatic carbocycles. The van der Waals surface area contributed by atoms with Crippen LogP contribution in [0.25, 0.3) is 0 Å². The molecule has 0 aromatic heterocycles. The Morgan fingerprint density at radius 3 is 2.64 bits per heavy atom. The van der Waals surface area contributed by atoms with Gasteiger partial charge in [0.1, 0.15) is 6.61 Å². The molecule has 0 aliphatic heterocycles. The van der Waals surface area contributed by atoms with Crippen molar-refractivity contribution in [3.63, 3.8) is 0 Å². The summed E-state index contributed by atoms with van der Waals surface area (Å²) in [4.78, 5) is 11.3. The van der Waals surface area contributed by atoms with E-state index in [1.165, 1.54) is 0 Å². The van der Waals surface area contributed by atoms with Crippen molar-refractivity contribution in [2.75, 3.05) is 32.9 Å². The van der Waals surface area contributed by atoms with Crippen LogP contribution in [0.2, 0.25) is 0 Å². The minimum absolute atomic E-state index is 0.0865. The number of nitrogens with one attached hydrogen (secondary N) is 1. The van der Waals surface area contributed by atoms with E-state index in [0.717, 1.165) is 6.54 Å². The predicted molar refractivity (Wildman–Crippen MR) is 55.2 cm³/mol. The van der Waals surface area contributed by atoms with Crippen LogP contribution in [0.15, 0.2) is 0 Å². The fourth-order valence-electron chi connectivity index (χ4n) is 0.932. The van der Waals surface area contributed by atoms with Crippen molar-refractivity contribution in [3.05, 3.63) is 0 Å². The van der Waals surface area contributed by atoms with Crippen molar-refractivity contribution >= 4 is 5.97 Å². The van der Waals surface area contributed by atoms with Crippen LogP contribution in [-0.4, -0.2) is 38.9 Å². The minimum Gasteiger partial charge on any atom is -0.463 e. The summed E-state index contributed by atoms with van der Waals surface area (Å²) in [6.07, 6.45) is 0. The van der Waals surface area contributed by atoms with E-state index in [0.29, 0.717) is 26.4 Å². The zero-order chi connectivity index (χ0) is 10.8. The van der Waals surface area contributed by atoms with E-state index in [4.69, 9.17) is 9.47 Å². The highest BCUT2D eigenvalue weighted by Gasteiger charge is 2.12. The lowest BCUT2D eigenvalue weighted by atomic mass is 10.2. The highest BCUT2D eigenvalue weighted by atomic mass is 16.6. The van der Waals surface area contributed by atoms with Crippen LogP contribution < -0.4 is 5.32 Å². The normalized spacial score (nSPS) is 12.5. The summed E-state index contributed by atoms with van der Waals surface area (Å²) < 4.78 is 10.1. The molecule has 4 nitrogen and oxygen atoms in total. The molecule has 4 heteroatoms. The first-order valence-corrected chi connectivity index (χ1v) is 5.17. The van der Waals surface area contributed by atoms with Gasteiger partial charge in [-0.25, -0.2) is 0 Å². The van der Waals surface area contributed by atoms with Gasteiger partial charge in [0.25, 0.3) is 0 Å². The van der Waals surface area contributed by atoms with Crippen molar-refractivity contribution < 1.29 is 14.3 Å². The predicted octanol–water partition coefficient (Wildman–Crippen LogP) is 0.812. The zero-order valence-corrected chi connectivity index (χ0v) is 9.34. The van der Waals surface area contributed by atoms with Crippen molar-refractivity contribution in [2.24, 2.45) is 5.92 Å². The molecule has 0 aromatic rings. The molecule has 84 valence electrons. The van der Waals surface area contributed by atoms with Crippen molar-refractivity contribution in [3.8, 4) is 0 Å². The molecule has 0 rings (SSSR count).